The molecule has 12 nitrogen and oxygen atoms in total. The monoisotopic (exact) mass is 393 g/mol. The minimum absolute atomic E-state index is 0.147. The number of aromatic nitrogens is 2. The number of nitrogens with zero attached hydrogens (tertiary/aromatic N) is 4. The van der Waals surface area contributed by atoms with E-state index in [4.69, 9.17) is 0 Å². The average molecular weight is 393 g/mol. The van der Waals surface area contributed by atoms with Gasteiger partial charge < -0.3 is 15.5 Å². The standard InChI is InChI=1S/C16H19N5O7/c1-9-14(21(27)28)7-19(18-9)10(2)16(24)17-13(8-22)15(23)11-3-5-12(6-4-11)20(25)26/h3-7,10,13,15,22-23H,8H2,1-2H3,(H,17,24). The van der Waals surface area contributed by atoms with Gasteiger partial charge in [0.05, 0.1) is 22.5 Å². The number of nitrogens with one attached hydrogen (secondary N) is 1. The number of aliphatic hydroxyl groups is 2. The third-order valence-electron chi connectivity index (χ3n) is 4.21. The van der Waals surface area contributed by atoms with E-state index in [9.17, 15) is 35.2 Å². The van der Waals surface area contributed by atoms with Gasteiger partial charge in [0, 0.05) is 12.1 Å². The quantitative estimate of drug-likeness (QED) is 0.435. The van der Waals surface area contributed by atoms with Gasteiger partial charge in [-0.05, 0) is 31.5 Å². The fourth-order valence-electron chi connectivity index (χ4n) is 2.52. The Balaban J connectivity index is 2.12. The van der Waals surface area contributed by atoms with Gasteiger partial charge in [-0.1, -0.05) is 0 Å². The molecule has 0 aliphatic carbocycles. The summed E-state index contributed by atoms with van der Waals surface area (Å²) in [7, 11) is 0. The lowest BCUT2D eigenvalue weighted by molar-refractivity contribution is -0.385. The number of rotatable bonds is 8. The Morgan fingerprint density at radius 1 is 1.25 bits per heavy atom. The van der Waals surface area contributed by atoms with E-state index in [-0.39, 0.29) is 22.6 Å². The van der Waals surface area contributed by atoms with Crippen molar-refractivity contribution in [2.45, 2.75) is 32.0 Å². The molecule has 2 rings (SSSR count). The van der Waals surface area contributed by atoms with Crippen LogP contribution in [-0.2, 0) is 4.79 Å². The van der Waals surface area contributed by atoms with E-state index in [1.807, 2.05) is 0 Å². The van der Waals surface area contributed by atoms with Crippen LogP contribution in [0, 0.1) is 27.2 Å². The number of benzene rings is 1. The highest BCUT2D eigenvalue weighted by Crippen LogP contribution is 2.22. The third kappa shape index (κ3) is 4.47. The van der Waals surface area contributed by atoms with E-state index in [0.29, 0.717) is 0 Å². The Morgan fingerprint density at radius 2 is 1.86 bits per heavy atom. The van der Waals surface area contributed by atoms with E-state index >= 15 is 0 Å². The Morgan fingerprint density at radius 3 is 2.32 bits per heavy atom. The molecule has 0 radical (unpaired) electrons. The second kappa shape index (κ2) is 8.54. The molecule has 0 bridgehead atoms. The summed E-state index contributed by atoms with van der Waals surface area (Å²) in [5.74, 6) is -0.627. The van der Waals surface area contributed by atoms with Gasteiger partial charge in [-0.15, -0.1) is 0 Å². The van der Waals surface area contributed by atoms with Crippen molar-refractivity contribution in [3.63, 3.8) is 0 Å². The van der Waals surface area contributed by atoms with Crippen LogP contribution in [0.2, 0.25) is 0 Å². The van der Waals surface area contributed by atoms with Crippen molar-refractivity contribution in [3.05, 3.63) is 61.9 Å². The van der Waals surface area contributed by atoms with E-state index < -0.39 is 40.5 Å². The fourth-order valence-corrected chi connectivity index (χ4v) is 2.52. The first-order valence-electron chi connectivity index (χ1n) is 8.19. The highest BCUT2D eigenvalue weighted by Gasteiger charge is 2.27. The first kappa shape index (κ1) is 20.9. The van der Waals surface area contributed by atoms with Crippen molar-refractivity contribution in [1.82, 2.24) is 15.1 Å². The topological polar surface area (TPSA) is 174 Å². The second-order valence-corrected chi connectivity index (χ2v) is 6.10. The fraction of sp³-hybridized carbons (Fsp3) is 0.375. The Labute approximate surface area is 158 Å². The van der Waals surface area contributed by atoms with E-state index in [1.165, 1.54) is 38.1 Å². The maximum Gasteiger partial charge on any atom is 0.309 e. The van der Waals surface area contributed by atoms with Crippen LogP contribution in [0.25, 0.3) is 0 Å². The summed E-state index contributed by atoms with van der Waals surface area (Å²) in [5, 5.41) is 47.9. The number of carbonyl (C=O) groups excluding carboxylic acids is 1. The van der Waals surface area contributed by atoms with Gasteiger partial charge in [-0.2, -0.15) is 5.10 Å². The van der Waals surface area contributed by atoms with Crippen LogP contribution in [0.4, 0.5) is 11.4 Å². The van der Waals surface area contributed by atoms with Gasteiger partial charge in [-0.25, -0.2) is 0 Å². The van der Waals surface area contributed by atoms with E-state index in [1.54, 1.807) is 0 Å². The van der Waals surface area contributed by atoms with Crippen molar-refractivity contribution in [3.8, 4) is 0 Å². The number of hydrogen-bond acceptors (Lipinski definition) is 8. The van der Waals surface area contributed by atoms with Gasteiger partial charge >= 0.3 is 5.69 Å². The second-order valence-electron chi connectivity index (χ2n) is 6.10. The van der Waals surface area contributed by atoms with E-state index in [0.717, 1.165) is 10.9 Å². The molecule has 0 saturated heterocycles. The van der Waals surface area contributed by atoms with E-state index in [2.05, 4.69) is 10.4 Å². The van der Waals surface area contributed by atoms with Gasteiger partial charge in [0.15, 0.2) is 0 Å². The molecule has 2 aromatic rings. The SMILES string of the molecule is Cc1nn(C(C)C(=O)NC(CO)C(O)c2ccc([N+](=O)[O-])cc2)cc1[N+](=O)[O-]. The normalized spacial score (nSPS) is 14.1. The number of nitro groups is 2. The largest absolute Gasteiger partial charge is 0.394 e. The van der Waals surface area contributed by atoms with Gasteiger partial charge in [0.2, 0.25) is 5.91 Å². The number of amides is 1. The Bertz CT molecular complexity index is 880. The number of nitro benzene ring substituents is 1. The molecule has 1 aromatic heterocycles. The van der Waals surface area contributed by atoms with Crippen molar-refractivity contribution >= 4 is 17.3 Å². The summed E-state index contributed by atoms with van der Waals surface area (Å²) in [6.45, 7) is 2.29. The predicted octanol–water partition coefficient (Wildman–Crippen LogP) is 0.780. The van der Waals surface area contributed by atoms with Crippen molar-refractivity contribution in [1.29, 1.82) is 0 Å². The minimum Gasteiger partial charge on any atom is -0.394 e. The molecular weight excluding hydrogens is 374 g/mol. The van der Waals surface area contributed by atoms with Crippen LogP contribution >= 0.6 is 0 Å². The minimum atomic E-state index is -1.32. The van der Waals surface area contributed by atoms with Crippen LogP contribution in [0.1, 0.15) is 30.3 Å². The summed E-state index contributed by atoms with van der Waals surface area (Å²) in [5.41, 5.74) is 0.0199. The lowest BCUT2D eigenvalue weighted by Crippen LogP contribution is -2.44. The van der Waals surface area contributed by atoms with Gasteiger partial charge in [0.1, 0.15) is 24.0 Å². The van der Waals surface area contributed by atoms with Crippen LogP contribution in [0.15, 0.2) is 30.5 Å². The molecule has 3 N–H and O–H groups in total. The van der Waals surface area contributed by atoms with Crippen LogP contribution in [-0.4, -0.2) is 48.4 Å². The zero-order chi connectivity index (χ0) is 21.0. The summed E-state index contributed by atoms with van der Waals surface area (Å²) >= 11 is 0. The lowest BCUT2D eigenvalue weighted by Gasteiger charge is -2.24. The number of hydrogen-bond donors (Lipinski definition) is 3. The molecule has 28 heavy (non-hydrogen) atoms. The van der Waals surface area contributed by atoms with Crippen LogP contribution in [0.5, 0.6) is 0 Å². The van der Waals surface area contributed by atoms with Crippen molar-refractivity contribution in [2.24, 2.45) is 0 Å². The average Bonchev–Trinajstić information content (AvgIpc) is 3.06. The van der Waals surface area contributed by atoms with Crippen molar-refractivity contribution in [2.75, 3.05) is 6.61 Å². The molecule has 0 spiro atoms. The highest BCUT2D eigenvalue weighted by atomic mass is 16.6. The Hall–Kier alpha value is -3.38. The molecule has 12 heteroatoms. The predicted molar refractivity (Wildman–Crippen MR) is 95.4 cm³/mol. The van der Waals surface area contributed by atoms with Crippen LogP contribution in [0.3, 0.4) is 0 Å². The molecule has 1 heterocycles. The first-order valence-corrected chi connectivity index (χ1v) is 8.19. The van der Waals surface area contributed by atoms with Crippen molar-refractivity contribution < 1.29 is 24.9 Å². The molecule has 3 atom stereocenters. The maximum atomic E-state index is 12.4. The number of aliphatic hydroxyl groups excluding tert-OH is 2. The number of non-ortho nitro benzene ring substituents is 1. The molecule has 3 unspecified atom stereocenters. The molecule has 0 saturated carbocycles. The van der Waals surface area contributed by atoms with Gasteiger partial charge in [0.25, 0.3) is 5.69 Å². The zero-order valence-electron chi connectivity index (χ0n) is 15.1. The number of carbonyl (C=O) groups is 1. The Kier molecular flexibility index (Phi) is 6.38. The molecule has 150 valence electrons. The number of aryl methyl sites for hydroxylation is 1. The first-order chi connectivity index (χ1) is 13.1. The summed E-state index contributed by atoms with van der Waals surface area (Å²) in [6, 6.07) is 3.00. The molecule has 1 amide bonds. The summed E-state index contributed by atoms with van der Waals surface area (Å²) in [4.78, 5) is 32.8. The third-order valence-corrected chi connectivity index (χ3v) is 4.21. The summed E-state index contributed by atoms with van der Waals surface area (Å²) < 4.78 is 1.12. The molecular formula is C16H19N5O7. The molecule has 1 aromatic carbocycles. The molecule has 0 aliphatic rings. The molecule has 0 fully saturated rings. The van der Waals surface area contributed by atoms with Crippen LogP contribution < -0.4 is 5.32 Å². The maximum absolute atomic E-state index is 12.4. The molecule has 0 aliphatic heterocycles. The lowest BCUT2D eigenvalue weighted by atomic mass is 10.0. The van der Waals surface area contributed by atoms with Gasteiger partial charge in [-0.3, -0.25) is 29.7 Å². The summed E-state index contributed by atoms with van der Waals surface area (Å²) in [6.07, 6.45) is -0.198. The smallest absolute Gasteiger partial charge is 0.309 e. The highest BCUT2D eigenvalue weighted by molar-refractivity contribution is 5.80. The zero-order valence-corrected chi connectivity index (χ0v) is 15.1.